The smallest absolute Gasteiger partial charge is 0.289 e. The molecular weight excluding hydrogens is 348 g/mol. The average molecular weight is 363 g/mol. The van der Waals surface area contributed by atoms with Gasteiger partial charge in [0, 0.05) is 29.6 Å². The van der Waals surface area contributed by atoms with Crippen molar-refractivity contribution >= 4 is 28.8 Å². The molecule has 2 rings (SSSR count). The monoisotopic (exact) mass is 362 g/mol. The van der Waals surface area contributed by atoms with Crippen molar-refractivity contribution in [3.8, 4) is 11.5 Å². The van der Waals surface area contributed by atoms with Gasteiger partial charge in [-0.25, -0.2) is 0 Å². The predicted molar refractivity (Wildman–Crippen MR) is 94.7 cm³/mol. The highest BCUT2D eigenvalue weighted by atomic mass is 35.5. The number of allylic oxidation sites excluding steroid dienone is 1. The number of methoxy groups -OCH3 is 2. The number of nitro groups is 1. The molecule has 0 saturated heterocycles. The van der Waals surface area contributed by atoms with Crippen LogP contribution >= 0.6 is 11.6 Å². The Balaban J connectivity index is 2.11. The minimum Gasteiger partial charge on any atom is -0.493 e. The van der Waals surface area contributed by atoms with Gasteiger partial charge in [-0.15, -0.1) is 0 Å². The van der Waals surface area contributed by atoms with E-state index in [0.717, 1.165) is 0 Å². The van der Waals surface area contributed by atoms with E-state index < -0.39 is 4.92 Å². The van der Waals surface area contributed by atoms with Gasteiger partial charge in [0.15, 0.2) is 17.3 Å². The van der Waals surface area contributed by atoms with E-state index >= 15 is 0 Å². The molecule has 25 heavy (non-hydrogen) atoms. The zero-order valence-electron chi connectivity index (χ0n) is 13.5. The quantitative estimate of drug-likeness (QED) is 0.345. The van der Waals surface area contributed by atoms with E-state index in [1.54, 1.807) is 24.3 Å². The zero-order chi connectivity index (χ0) is 18.4. The molecule has 0 unspecified atom stereocenters. The van der Waals surface area contributed by atoms with Gasteiger partial charge >= 0.3 is 0 Å². The maximum absolute atomic E-state index is 12.2. The first-order valence-electron chi connectivity index (χ1n) is 7.09. The Hall–Kier alpha value is -3.06. The van der Waals surface area contributed by atoms with Crippen molar-refractivity contribution in [1.82, 2.24) is 0 Å². The summed E-state index contributed by atoms with van der Waals surface area (Å²) in [4.78, 5) is 22.5. The topological polar surface area (TPSA) is 90.7 Å². The van der Waals surface area contributed by atoms with Crippen LogP contribution in [0.5, 0.6) is 11.5 Å². The molecule has 0 fully saturated rings. The summed E-state index contributed by atoms with van der Waals surface area (Å²) in [7, 11) is 2.99. The molecule has 0 spiro atoms. The van der Waals surface area contributed by atoms with Crippen molar-refractivity contribution in [2.75, 3.05) is 19.5 Å². The maximum atomic E-state index is 12.2. The molecule has 0 saturated carbocycles. The zero-order valence-corrected chi connectivity index (χ0v) is 14.2. The van der Waals surface area contributed by atoms with Crippen LogP contribution in [0.15, 0.2) is 48.7 Å². The molecule has 2 aromatic rings. The Morgan fingerprint density at radius 1 is 1.16 bits per heavy atom. The van der Waals surface area contributed by atoms with Crippen molar-refractivity contribution in [3.63, 3.8) is 0 Å². The lowest BCUT2D eigenvalue weighted by atomic mass is 10.1. The molecule has 0 bridgehead atoms. The standard InChI is InChI=1S/C17H15ClN2O5/c1-24-16-6-3-11(9-17(16)25-2)15(21)7-8-19-12-4-5-13(18)14(10-12)20(22)23/h3-10,19H,1-2H3/b8-7-. The lowest BCUT2D eigenvalue weighted by molar-refractivity contribution is -0.384. The van der Waals surface area contributed by atoms with E-state index in [4.69, 9.17) is 21.1 Å². The summed E-state index contributed by atoms with van der Waals surface area (Å²) in [5, 5.41) is 13.7. The fourth-order valence-corrected chi connectivity index (χ4v) is 2.23. The molecule has 0 amide bonds. The van der Waals surface area contributed by atoms with Crippen molar-refractivity contribution in [2.45, 2.75) is 0 Å². The molecule has 0 aliphatic carbocycles. The summed E-state index contributed by atoms with van der Waals surface area (Å²) in [6.45, 7) is 0. The minimum atomic E-state index is -0.577. The molecule has 130 valence electrons. The number of ketones is 1. The van der Waals surface area contributed by atoms with E-state index in [9.17, 15) is 14.9 Å². The lowest BCUT2D eigenvalue weighted by Crippen LogP contribution is -1.99. The molecule has 2 aromatic carbocycles. The number of nitro benzene ring substituents is 1. The number of nitrogens with one attached hydrogen (secondary N) is 1. The normalized spacial score (nSPS) is 10.5. The van der Waals surface area contributed by atoms with Gasteiger partial charge in [-0.2, -0.15) is 0 Å². The predicted octanol–water partition coefficient (Wildman–Crippen LogP) is 4.07. The molecule has 8 heteroatoms. The highest BCUT2D eigenvalue weighted by Gasteiger charge is 2.12. The second-order valence-electron chi connectivity index (χ2n) is 4.83. The van der Waals surface area contributed by atoms with Crippen LogP contribution < -0.4 is 14.8 Å². The maximum Gasteiger partial charge on any atom is 0.289 e. The summed E-state index contributed by atoms with van der Waals surface area (Å²) in [5.74, 6) is 0.703. The first-order valence-corrected chi connectivity index (χ1v) is 7.47. The number of carbonyl (C=O) groups is 1. The molecule has 1 N–H and O–H groups in total. The number of hydrogen-bond donors (Lipinski definition) is 1. The third kappa shape index (κ3) is 4.48. The Bertz CT molecular complexity index is 836. The Kier molecular flexibility index (Phi) is 5.97. The van der Waals surface area contributed by atoms with Crippen LogP contribution in [0.2, 0.25) is 5.02 Å². The second-order valence-corrected chi connectivity index (χ2v) is 5.24. The van der Waals surface area contributed by atoms with Crippen molar-refractivity contribution in [3.05, 3.63) is 69.4 Å². The molecule has 0 atom stereocenters. The van der Waals surface area contributed by atoms with Gasteiger partial charge < -0.3 is 14.8 Å². The van der Waals surface area contributed by atoms with Crippen molar-refractivity contribution < 1.29 is 19.2 Å². The number of carbonyl (C=O) groups excluding carboxylic acids is 1. The Morgan fingerprint density at radius 3 is 2.52 bits per heavy atom. The molecule has 0 aliphatic heterocycles. The van der Waals surface area contributed by atoms with Crippen LogP contribution in [0.1, 0.15) is 10.4 Å². The third-order valence-electron chi connectivity index (χ3n) is 3.30. The Labute approximate surface area is 149 Å². The highest BCUT2D eigenvalue weighted by Crippen LogP contribution is 2.28. The average Bonchev–Trinajstić information content (AvgIpc) is 2.62. The number of anilines is 1. The molecule has 0 aliphatic rings. The first-order chi connectivity index (χ1) is 12.0. The fraction of sp³-hybridized carbons (Fsp3) is 0.118. The largest absolute Gasteiger partial charge is 0.493 e. The number of halogens is 1. The van der Waals surface area contributed by atoms with Gasteiger partial charge in [0.25, 0.3) is 5.69 Å². The van der Waals surface area contributed by atoms with Gasteiger partial charge in [0.1, 0.15) is 5.02 Å². The van der Waals surface area contributed by atoms with Gasteiger partial charge in [-0.3, -0.25) is 14.9 Å². The highest BCUT2D eigenvalue weighted by molar-refractivity contribution is 6.32. The number of nitrogens with zero attached hydrogens (tertiary/aromatic N) is 1. The van der Waals surface area contributed by atoms with Gasteiger partial charge in [-0.1, -0.05) is 11.6 Å². The lowest BCUT2D eigenvalue weighted by Gasteiger charge is -2.08. The number of rotatable bonds is 7. The van der Waals surface area contributed by atoms with E-state index in [2.05, 4.69) is 5.32 Å². The molecule has 0 heterocycles. The van der Waals surface area contributed by atoms with E-state index in [1.165, 1.54) is 38.6 Å². The SMILES string of the molecule is COc1ccc(C(=O)/C=C\Nc2ccc(Cl)c([N+](=O)[O-])c2)cc1OC. The minimum absolute atomic E-state index is 0.0425. The van der Waals surface area contributed by atoms with Crippen molar-refractivity contribution in [2.24, 2.45) is 0 Å². The summed E-state index contributed by atoms with van der Waals surface area (Å²) in [6.07, 6.45) is 2.70. The summed E-state index contributed by atoms with van der Waals surface area (Å²) in [5.41, 5.74) is 0.636. The fourth-order valence-electron chi connectivity index (χ4n) is 2.04. The van der Waals surface area contributed by atoms with Crippen LogP contribution in [0, 0.1) is 10.1 Å². The number of ether oxygens (including phenoxy) is 2. The van der Waals surface area contributed by atoms with Crippen LogP contribution in [0.4, 0.5) is 11.4 Å². The summed E-state index contributed by atoms with van der Waals surface area (Å²) >= 11 is 5.75. The van der Waals surface area contributed by atoms with Gasteiger partial charge in [0.2, 0.25) is 0 Å². The second kappa shape index (κ2) is 8.16. The van der Waals surface area contributed by atoms with Crippen LogP contribution in [-0.4, -0.2) is 24.9 Å². The third-order valence-corrected chi connectivity index (χ3v) is 3.62. The molecule has 7 nitrogen and oxygen atoms in total. The summed E-state index contributed by atoms with van der Waals surface area (Å²) < 4.78 is 10.3. The molecule has 0 radical (unpaired) electrons. The van der Waals surface area contributed by atoms with Crippen LogP contribution in [0.3, 0.4) is 0 Å². The molecule has 0 aromatic heterocycles. The molecular formula is C17H15ClN2O5. The van der Waals surface area contributed by atoms with E-state index in [-0.39, 0.29) is 16.5 Å². The summed E-state index contributed by atoms with van der Waals surface area (Å²) in [6, 6.07) is 9.08. The first kappa shape index (κ1) is 18.3. The van der Waals surface area contributed by atoms with E-state index in [1.807, 2.05) is 0 Å². The number of hydrogen-bond acceptors (Lipinski definition) is 6. The van der Waals surface area contributed by atoms with Crippen molar-refractivity contribution in [1.29, 1.82) is 0 Å². The van der Waals surface area contributed by atoms with Crippen LogP contribution in [-0.2, 0) is 0 Å². The van der Waals surface area contributed by atoms with Crippen LogP contribution in [0.25, 0.3) is 0 Å². The van der Waals surface area contributed by atoms with Gasteiger partial charge in [0.05, 0.1) is 19.1 Å². The van der Waals surface area contributed by atoms with E-state index in [0.29, 0.717) is 22.7 Å². The Morgan fingerprint density at radius 2 is 1.88 bits per heavy atom. The number of benzene rings is 2. The van der Waals surface area contributed by atoms with Gasteiger partial charge in [-0.05, 0) is 30.3 Å².